The van der Waals surface area contributed by atoms with Crippen molar-refractivity contribution in [2.45, 2.75) is 32.9 Å². The number of hydrogen-bond acceptors (Lipinski definition) is 6. The zero-order valence-corrected chi connectivity index (χ0v) is 16.7. The molecule has 0 bridgehead atoms. The maximum atomic E-state index is 13.5. The summed E-state index contributed by atoms with van der Waals surface area (Å²) in [5, 5.41) is 7.44. The highest BCUT2D eigenvalue weighted by Crippen LogP contribution is 2.41. The number of nitrogens with one attached hydrogen (secondary N) is 1. The summed E-state index contributed by atoms with van der Waals surface area (Å²) in [6.07, 6.45) is 1.77. The van der Waals surface area contributed by atoms with E-state index in [0.717, 1.165) is 45.6 Å². The van der Waals surface area contributed by atoms with Crippen molar-refractivity contribution < 1.29 is 9.32 Å². The Labute approximate surface area is 166 Å². The Hall–Kier alpha value is -2.25. The molecule has 150 valence electrons. The summed E-state index contributed by atoms with van der Waals surface area (Å²) in [7, 11) is 1.84. The van der Waals surface area contributed by atoms with Gasteiger partial charge in [-0.2, -0.15) is 4.98 Å². The van der Waals surface area contributed by atoms with Crippen LogP contribution in [0.5, 0.6) is 0 Å². The van der Waals surface area contributed by atoms with Gasteiger partial charge in [-0.3, -0.25) is 9.69 Å². The number of carbonyl (C=O) groups is 1. The standard InChI is InChI=1S/C21H29N5O2/c1-3-7-18-23-19(28-24-18)13-25(2)20(27)21-14-22-10-17(21)12-26(15-21)11-16-8-5-4-6-9-16/h4-6,8-9,17,22H,3,7,10-15H2,1-2H3. The molecule has 3 heterocycles. The number of hydrogen-bond donors (Lipinski definition) is 1. The summed E-state index contributed by atoms with van der Waals surface area (Å²) in [5.74, 6) is 1.74. The normalized spacial score (nSPS) is 24.4. The van der Waals surface area contributed by atoms with Gasteiger partial charge in [0.25, 0.3) is 0 Å². The first-order valence-corrected chi connectivity index (χ1v) is 10.1. The number of nitrogens with zero attached hydrogens (tertiary/aromatic N) is 4. The van der Waals surface area contributed by atoms with Crippen LogP contribution in [0.4, 0.5) is 0 Å². The maximum absolute atomic E-state index is 13.5. The SMILES string of the molecule is CCCc1noc(CN(C)C(=O)C23CNCC2CN(Cc2ccccc2)C3)n1. The average molecular weight is 383 g/mol. The van der Waals surface area contributed by atoms with Crippen LogP contribution in [-0.2, 0) is 24.3 Å². The van der Waals surface area contributed by atoms with Crippen LogP contribution >= 0.6 is 0 Å². The van der Waals surface area contributed by atoms with Gasteiger partial charge in [0.1, 0.15) is 0 Å². The molecular formula is C21H29N5O2. The number of fused-ring (bicyclic) bond motifs is 1. The van der Waals surface area contributed by atoms with E-state index in [1.54, 1.807) is 4.90 Å². The Morgan fingerprint density at radius 3 is 3.00 bits per heavy atom. The second kappa shape index (κ2) is 8.01. The molecule has 4 rings (SSSR count). The summed E-state index contributed by atoms with van der Waals surface area (Å²) < 4.78 is 5.33. The number of amides is 1. The number of aromatic nitrogens is 2. The summed E-state index contributed by atoms with van der Waals surface area (Å²) in [4.78, 5) is 22.0. The molecule has 1 N–H and O–H groups in total. The summed E-state index contributed by atoms with van der Waals surface area (Å²) in [6, 6.07) is 10.5. The fraction of sp³-hybridized carbons (Fsp3) is 0.571. The molecule has 2 unspecified atom stereocenters. The quantitative estimate of drug-likeness (QED) is 0.785. The van der Waals surface area contributed by atoms with Crippen LogP contribution in [0.3, 0.4) is 0 Å². The molecule has 0 radical (unpaired) electrons. The molecule has 7 heteroatoms. The highest BCUT2D eigenvalue weighted by Gasteiger charge is 2.55. The first-order valence-electron chi connectivity index (χ1n) is 10.1. The Kier molecular flexibility index (Phi) is 5.46. The van der Waals surface area contributed by atoms with Crippen molar-refractivity contribution in [2.24, 2.45) is 11.3 Å². The van der Waals surface area contributed by atoms with Crippen molar-refractivity contribution >= 4 is 5.91 Å². The second-order valence-corrected chi connectivity index (χ2v) is 8.15. The lowest BCUT2D eigenvalue weighted by Crippen LogP contribution is -2.47. The molecule has 28 heavy (non-hydrogen) atoms. The van der Waals surface area contributed by atoms with Crippen LogP contribution in [-0.4, -0.2) is 59.1 Å². The Morgan fingerprint density at radius 1 is 1.39 bits per heavy atom. The van der Waals surface area contributed by atoms with Crippen molar-refractivity contribution in [1.82, 2.24) is 25.3 Å². The highest BCUT2D eigenvalue weighted by molar-refractivity contribution is 5.84. The predicted octanol–water partition coefficient (Wildman–Crippen LogP) is 1.70. The fourth-order valence-corrected chi connectivity index (χ4v) is 4.62. The van der Waals surface area contributed by atoms with Crippen LogP contribution in [0.2, 0.25) is 0 Å². The van der Waals surface area contributed by atoms with Crippen molar-refractivity contribution in [3.63, 3.8) is 0 Å². The fourth-order valence-electron chi connectivity index (χ4n) is 4.62. The molecule has 1 amide bonds. The van der Waals surface area contributed by atoms with Crippen LogP contribution in [0.15, 0.2) is 34.9 Å². The smallest absolute Gasteiger partial charge is 0.246 e. The van der Waals surface area contributed by atoms with Gasteiger partial charge in [-0.25, -0.2) is 0 Å². The van der Waals surface area contributed by atoms with E-state index in [9.17, 15) is 4.79 Å². The van der Waals surface area contributed by atoms with E-state index in [2.05, 4.69) is 51.5 Å². The van der Waals surface area contributed by atoms with Gasteiger partial charge in [0.05, 0.1) is 12.0 Å². The third-order valence-corrected chi connectivity index (χ3v) is 5.97. The van der Waals surface area contributed by atoms with Gasteiger partial charge in [0, 0.05) is 52.1 Å². The molecule has 2 aromatic rings. The van der Waals surface area contributed by atoms with Crippen LogP contribution in [0, 0.1) is 11.3 Å². The molecule has 0 saturated carbocycles. The van der Waals surface area contributed by atoms with E-state index in [1.807, 2.05) is 13.1 Å². The topological polar surface area (TPSA) is 74.5 Å². The maximum Gasteiger partial charge on any atom is 0.246 e. The van der Waals surface area contributed by atoms with E-state index in [-0.39, 0.29) is 11.3 Å². The Bertz CT molecular complexity index is 808. The first-order chi connectivity index (χ1) is 13.6. The van der Waals surface area contributed by atoms with Gasteiger partial charge >= 0.3 is 0 Å². The highest BCUT2D eigenvalue weighted by atomic mass is 16.5. The molecule has 1 aromatic heterocycles. The zero-order valence-electron chi connectivity index (χ0n) is 16.7. The number of benzene rings is 1. The number of aryl methyl sites for hydroxylation is 1. The molecule has 2 aliphatic heterocycles. The molecule has 2 fully saturated rings. The minimum atomic E-state index is -0.365. The molecule has 0 spiro atoms. The molecule has 2 atom stereocenters. The summed E-state index contributed by atoms with van der Waals surface area (Å²) >= 11 is 0. The lowest BCUT2D eigenvalue weighted by atomic mass is 9.79. The Morgan fingerprint density at radius 2 is 2.21 bits per heavy atom. The molecule has 7 nitrogen and oxygen atoms in total. The molecule has 2 aliphatic rings. The number of carbonyl (C=O) groups excluding carboxylic acids is 1. The van der Waals surface area contributed by atoms with E-state index in [4.69, 9.17) is 4.52 Å². The molecule has 0 aliphatic carbocycles. The summed E-state index contributed by atoms with van der Waals surface area (Å²) in [6.45, 7) is 6.70. The predicted molar refractivity (Wildman–Crippen MR) is 105 cm³/mol. The summed E-state index contributed by atoms with van der Waals surface area (Å²) in [5.41, 5.74) is 0.927. The second-order valence-electron chi connectivity index (χ2n) is 8.15. The third-order valence-electron chi connectivity index (χ3n) is 5.97. The average Bonchev–Trinajstić information content (AvgIpc) is 3.37. The van der Waals surface area contributed by atoms with Crippen molar-refractivity contribution in [3.05, 3.63) is 47.6 Å². The van der Waals surface area contributed by atoms with Crippen molar-refractivity contribution in [1.29, 1.82) is 0 Å². The number of rotatable bonds is 7. The Balaban J connectivity index is 1.43. The van der Waals surface area contributed by atoms with Gasteiger partial charge < -0.3 is 14.7 Å². The largest absolute Gasteiger partial charge is 0.337 e. The minimum Gasteiger partial charge on any atom is -0.337 e. The van der Waals surface area contributed by atoms with Gasteiger partial charge in [0.2, 0.25) is 11.8 Å². The number of likely N-dealkylation sites (tertiary alicyclic amines) is 1. The first kappa shape index (κ1) is 19.1. The van der Waals surface area contributed by atoms with Crippen molar-refractivity contribution in [3.8, 4) is 0 Å². The van der Waals surface area contributed by atoms with Gasteiger partial charge in [0.15, 0.2) is 5.82 Å². The van der Waals surface area contributed by atoms with Crippen molar-refractivity contribution in [2.75, 3.05) is 33.2 Å². The van der Waals surface area contributed by atoms with E-state index in [1.165, 1.54) is 5.56 Å². The third kappa shape index (κ3) is 3.69. The van der Waals surface area contributed by atoms with Crippen LogP contribution in [0.25, 0.3) is 0 Å². The monoisotopic (exact) mass is 383 g/mol. The van der Waals surface area contributed by atoms with Gasteiger partial charge in [-0.1, -0.05) is 42.4 Å². The van der Waals surface area contributed by atoms with Crippen LogP contribution in [0.1, 0.15) is 30.6 Å². The molecule has 2 saturated heterocycles. The minimum absolute atomic E-state index is 0.174. The van der Waals surface area contributed by atoms with Crippen LogP contribution < -0.4 is 5.32 Å². The molecule has 1 aromatic carbocycles. The molecular weight excluding hydrogens is 354 g/mol. The zero-order chi connectivity index (χ0) is 19.6. The van der Waals surface area contributed by atoms with E-state index < -0.39 is 0 Å². The lowest BCUT2D eigenvalue weighted by molar-refractivity contribution is -0.141. The lowest BCUT2D eigenvalue weighted by Gasteiger charge is -2.31. The van der Waals surface area contributed by atoms with Gasteiger partial charge in [-0.05, 0) is 12.0 Å². The van der Waals surface area contributed by atoms with E-state index >= 15 is 0 Å². The van der Waals surface area contributed by atoms with E-state index in [0.29, 0.717) is 24.2 Å². The van der Waals surface area contributed by atoms with Gasteiger partial charge in [-0.15, -0.1) is 0 Å².